The molecule has 0 aliphatic rings. The largest absolute Gasteiger partial charge is 0.467 e. The number of rotatable bonds is 7. The van der Waals surface area contributed by atoms with Crippen LogP contribution in [0.4, 0.5) is 11.5 Å². The molecule has 0 fully saturated rings. The minimum atomic E-state index is -0.656. The normalized spacial score (nSPS) is 10.6. The Bertz CT molecular complexity index is 973. The first kappa shape index (κ1) is 17.8. The van der Waals surface area contributed by atoms with Crippen molar-refractivity contribution in [3.63, 3.8) is 0 Å². The van der Waals surface area contributed by atoms with Crippen molar-refractivity contribution >= 4 is 23.3 Å². The summed E-state index contributed by atoms with van der Waals surface area (Å²) in [6, 6.07) is 4.61. The zero-order valence-electron chi connectivity index (χ0n) is 14.2. The van der Waals surface area contributed by atoms with Gasteiger partial charge >= 0.3 is 5.82 Å². The zero-order chi connectivity index (χ0) is 19.4. The highest BCUT2D eigenvalue weighted by Gasteiger charge is 2.20. The third-order valence-corrected chi connectivity index (χ3v) is 3.55. The molecule has 12 heteroatoms. The number of carbonyl (C=O) groups is 2. The first-order valence-electron chi connectivity index (χ1n) is 7.74. The third-order valence-electron chi connectivity index (χ3n) is 3.55. The number of nitrogens with zero attached hydrogens (tertiary/aromatic N) is 5. The average Bonchev–Trinajstić information content (AvgIpc) is 3.34. The van der Waals surface area contributed by atoms with Crippen molar-refractivity contribution in [3.8, 4) is 0 Å². The van der Waals surface area contributed by atoms with Crippen LogP contribution in [0.3, 0.4) is 0 Å². The first-order valence-corrected chi connectivity index (χ1v) is 7.74. The van der Waals surface area contributed by atoms with Crippen LogP contribution in [0.15, 0.2) is 41.3 Å². The smallest absolute Gasteiger partial charge is 0.389 e. The molecule has 27 heavy (non-hydrogen) atoms. The number of furan rings is 1. The summed E-state index contributed by atoms with van der Waals surface area (Å²) in [4.78, 5) is 34.5. The molecule has 140 valence electrons. The van der Waals surface area contributed by atoms with Gasteiger partial charge in [0.05, 0.1) is 42.1 Å². The van der Waals surface area contributed by atoms with Gasteiger partial charge in [-0.1, -0.05) is 0 Å². The van der Waals surface area contributed by atoms with Crippen molar-refractivity contribution < 1.29 is 18.9 Å². The standard InChI is InChI=1S/C15H15N7O5/c1-20-14(15(24)16-7-10-3-2-6-27-10)11(8-17-20)18-13(23)9-21-5-4-12(19-21)22(25)26/h2-6,8H,7,9H2,1H3,(H,16,24)(H,18,23). The minimum Gasteiger partial charge on any atom is -0.467 e. The van der Waals surface area contributed by atoms with Gasteiger partial charge in [-0.2, -0.15) is 9.78 Å². The van der Waals surface area contributed by atoms with Gasteiger partial charge in [0.25, 0.3) is 5.91 Å². The number of anilines is 1. The van der Waals surface area contributed by atoms with Gasteiger partial charge < -0.3 is 25.2 Å². The Morgan fingerprint density at radius 3 is 2.85 bits per heavy atom. The molecule has 0 saturated heterocycles. The Morgan fingerprint density at radius 2 is 2.19 bits per heavy atom. The fraction of sp³-hybridized carbons (Fsp3) is 0.200. The van der Waals surface area contributed by atoms with E-state index in [1.807, 2.05) is 0 Å². The van der Waals surface area contributed by atoms with E-state index in [-0.39, 0.29) is 30.3 Å². The summed E-state index contributed by atoms with van der Waals surface area (Å²) in [7, 11) is 1.56. The molecular formula is C15H15N7O5. The molecule has 3 aromatic rings. The highest BCUT2D eigenvalue weighted by Crippen LogP contribution is 2.15. The van der Waals surface area contributed by atoms with Crippen molar-refractivity contribution in [3.05, 3.63) is 58.4 Å². The molecule has 3 rings (SSSR count). The lowest BCUT2D eigenvalue weighted by atomic mass is 10.3. The van der Waals surface area contributed by atoms with Gasteiger partial charge in [-0.15, -0.1) is 0 Å². The molecule has 0 aromatic carbocycles. The van der Waals surface area contributed by atoms with Crippen molar-refractivity contribution in [1.82, 2.24) is 24.9 Å². The predicted octanol–water partition coefficient (Wildman–Crippen LogP) is 0.686. The molecule has 0 saturated carbocycles. The molecule has 0 atom stereocenters. The summed E-state index contributed by atoms with van der Waals surface area (Å²) in [5.41, 5.74) is 0.363. The van der Waals surface area contributed by atoms with E-state index in [4.69, 9.17) is 4.42 Å². The van der Waals surface area contributed by atoms with E-state index in [1.54, 1.807) is 19.2 Å². The Morgan fingerprint density at radius 1 is 1.37 bits per heavy atom. The maximum atomic E-state index is 12.4. The lowest BCUT2D eigenvalue weighted by Crippen LogP contribution is -2.27. The van der Waals surface area contributed by atoms with Gasteiger partial charge in [-0.05, 0) is 17.1 Å². The van der Waals surface area contributed by atoms with Crippen LogP contribution in [-0.2, 0) is 24.9 Å². The summed E-state index contributed by atoms with van der Waals surface area (Å²) in [6.07, 6.45) is 4.15. The van der Waals surface area contributed by atoms with Crippen LogP contribution < -0.4 is 10.6 Å². The molecule has 0 spiro atoms. The lowest BCUT2D eigenvalue weighted by Gasteiger charge is -2.08. The monoisotopic (exact) mass is 373 g/mol. The Labute approximate surface area is 151 Å². The van der Waals surface area contributed by atoms with Gasteiger partial charge in [0, 0.05) is 7.05 Å². The summed E-state index contributed by atoms with van der Waals surface area (Å²) in [6.45, 7) is -0.0719. The van der Waals surface area contributed by atoms with Gasteiger partial charge in [0.15, 0.2) is 0 Å². The fourth-order valence-corrected chi connectivity index (χ4v) is 2.34. The van der Waals surface area contributed by atoms with Gasteiger partial charge in [0.2, 0.25) is 5.91 Å². The van der Waals surface area contributed by atoms with Gasteiger partial charge in [0.1, 0.15) is 18.0 Å². The minimum absolute atomic E-state index is 0.154. The number of carbonyl (C=O) groups excluding carboxylic acids is 2. The van der Waals surface area contributed by atoms with E-state index in [1.165, 1.54) is 29.4 Å². The first-order chi connectivity index (χ1) is 12.9. The van der Waals surface area contributed by atoms with Crippen molar-refractivity contribution in [1.29, 1.82) is 0 Å². The predicted molar refractivity (Wildman–Crippen MR) is 90.6 cm³/mol. The maximum absolute atomic E-state index is 12.4. The van der Waals surface area contributed by atoms with E-state index >= 15 is 0 Å². The molecule has 0 unspecified atom stereocenters. The van der Waals surface area contributed by atoms with Crippen LogP contribution in [0.25, 0.3) is 0 Å². The highest BCUT2D eigenvalue weighted by molar-refractivity contribution is 6.02. The Hall–Kier alpha value is -3.96. The Kier molecular flexibility index (Phi) is 4.97. The van der Waals surface area contributed by atoms with Crippen molar-refractivity contribution in [2.75, 3.05) is 5.32 Å². The van der Waals surface area contributed by atoms with Crippen molar-refractivity contribution in [2.24, 2.45) is 7.05 Å². The van der Waals surface area contributed by atoms with Crippen molar-refractivity contribution in [2.45, 2.75) is 13.1 Å². The number of aromatic nitrogens is 4. The molecular weight excluding hydrogens is 358 g/mol. The molecule has 12 nitrogen and oxygen atoms in total. The van der Waals surface area contributed by atoms with Crippen LogP contribution in [-0.4, -0.2) is 36.3 Å². The van der Waals surface area contributed by atoms with Crippen LogP contribution in [0, 0.1) is 10.1 Å². The second kappa shape index (κ2) is 7.51. The van der Waals surface area contributed by atoms with E-state index < -0.39 is 16.7 Å². The third kappa shape index (κ3) is 4.18. The van der Waals surface area contributed by atoms with Gasteiger partial charge in [-0.3, -0.25) is 14.3 Å². The number of amides is 2. The second-order valence-corrected chi connectivity index (χ2v) is 5.47. The van der Waals surface area contributed by atoms with E-state index in [9.17, 15) is 19.7 Å². The number of nitrogens with one attached hydrogen (secondary N) is 2. The molecule has 0 aliphatic heterocycles. The molecule has 0 radical (unpaired) electrons. The summed E-state index contributed by atoms with van der Waals surface area (Å²) >= 11 is 0. The molecule has 0 aliphatic carbocycles. The summed E-state index contributed by atoms with van der Waals surface area (Å²) in [5, 5.41) is 23.5. The van der Waals surface area contributed by atoms with Crippen LogP contribution in [0.2, 0.25) is 0 Å². The summed E-state index contributed by atoms with van der Waals surface area (Å²) < 4.78 is 7.60. The molecule has 0 bridgehead atoms. The van der Waals surface area contributed by atoms with Crippen LogP contribution in [0.1, 0.15) is 16.2 Å². The van der Waals surface area contributed by atoms with E-state index in [0.29, 0.717) is 5.76 Å². The van der Waals surface area contributed by atoms with Crippen LogP contribution >= 0.6 is 0 Å². The number of hydrogen-bond donors (Lipinski definition) is 2. The highest BCUT2D eigenvalue weighted by atomic mass is 16.6. The van der Waals surface area contributed by atoms with Crippen LogP contribution in [0.5, 0.6) is 0 Å². The van der Waals surface area contributed by atoms with Gasteiger partial charge in [-0.25, -0.2) is 0 Å². The SMILES string of the molecule is Cn1ncc(NC(=O)Cn2ccc([N+](=O)[O-])n2)c1C(=O)NCc1ccco1. The maximum Gasteiger partial charge on any atom is 0.389 e. The van der Waals surface area contributed by atoms with E-state index in [0.717, 1.165) is 4.68 Å². The second-order valence-electron chi connectivity index (χ2n) is 5.47. The molecule has 3 aromatic heterocycles. The fourth-order valence-electron chi connectivity index (χ4n) is 2.34. The lowest BCUT2D eigenvalue weighted by molar-refractivity contribution is -0.389. The Balaban J connectivity index is 1.65. The number of nitro groups is 1. The average molecular weight is 373 g/mol. The van der Waals surface area contributed by atoms with E-state index in [2.05, 4.69) is 20.8 Å². The number of aryl methyl sites for hydroxylation is 1. The number of hydrogen-bond acceptors (Lipinski definition) is 7. The quantitative estimate of drug-likeness (QED) is 0.457. The summed E-state index contributed by atoms with van der Waals surface area (Å²) in [5.74, 6) is -0.740. The topological polar surface area (TPSA) is 150 Å². The zero-order valence-corrected chi connectivity index (χ0v) is 14.2. The molecule has 2 N–H and O–H groups in total. The molecule has 3 heterocycles. The molecule has 2 amide bonds.